The molecule has 0 aliphatic heterocycles. The first-order valence-corrected chi connectivity index (χ1v) is 5.56. The van der Waals surface area contributed by atoms with E-state index in [1.807, 2.05) is 20.8 Å². The van der Waals surface area contributed by atoms with E-state index in [0.717, 1.165) is 6.07 Å². The SMILES string of the molecule is C[C@@H](NC(C)(C)C)c1cccc(C(F)F)c1F. The summed E-state index contributed by atoms with van der Waals surface area (Å²) in [5, 5.41) is 3.16. The Morgan fingerprint density at radius 2 is 1.65 bits per heavy atom. The molecule has 17 heavy (non-hydrogen) atoms. The minimum Gasteiger partial charge on any atom is -0.305 e. The van der Waals surface area contributed by atoms with Gasteiger partial charge in [-0.3, -0.25) is 0 Å². The number of alkyl halides is 2. The molecule has 0 aliphatic carbocycles. The minimum atomic E-state index is -2.78. The topological polar surface area (TPSA) is 12.0 Å². The lowest BCUT2D eigenvalue weighted by atomic mass is 10.0. The fourth-order valence-electron chi connectivity index (χ4n) is 1.80. The molecule has 1 N–H and O–H groups in total. The van der Waals surface area contributed by atoms with Crippen molar-refractivity contribution in [2.24, 2.45) is 0 Å². The highest BCUT2D eigenvalue weighted by atomic mass is 19.3. The molecule has 0 aliphatic rings. The summed E-state index contributed by atoms with van der Waals surface area (Å²) in [7, 11) is 0. The van der Waals surface area contributed by atoms with Crippen LogP contribution in [0.15, 0.2) is 18.2 Å². The Kier molecular flexibility index (Phi) is 4.20. The quantitative estimate of drug-likeness (QED) is 0.841. The average molecular weight is 245 g/mol. The van der Waals surface area contributed by atoms with Gasteiger partial charge < -0.3 is 5.32 Å². The lowest BCUT2D eigenvalue weighted by molar-refractivity contribution is 0.146. The van der Waals surface area contributed by atoms with Crippen molar-refractivity contribution in [2.75, 3.05) is 0 Å². The van der Waals surface area contributed by atoms with Crippen molar-refractivity contribution >= 4 is 0 Å². The molecular formula is C13H18F3N. The molecule has 0 spiro atoms. The summed E-state index contributed by atoms with van der Waals surface area (Å²) in [4.78, 5) is 0. The lowest BCUT2D eigenvalue weighted by Gasteiger charge is -2.27. The predicted octanol–water partition coefficient (Wildman–Crippen LogP) is 4.21. The van der Waals surface area contributed by atoms with Crippen LogP contribution in [0.3, 0.4) is 0 Å². The number of hydrogen-bond donors (Lipinski definition) is 1. The fraction of sp³-hybridized carbons (Fsp3) is 0.538. The van der Waals surface area contributed by atoms with Crippen LogP contribution in [0, 0.1) is 5.82 Å². The van der Waals surface area contributed by atoms with Gasteiger partial charge in [0.2, 0.25) is 0 Å². The van der Waals surface area contributed by atoms with Crippen molar-refractivity contribution in [1.29, 1.82) is 0 Å². The first kappa shape index (κ1) is 14.0. The molecule has 96 valence electrons. The van der Waals surface area contributed by atoms with Gasteiger partial charge in [0.1, 0.15) is 5.82 Å². The Bertz CT molecular complexity index is 383. The molecule has 1 aromatic carbocycles. The van der Waals surface area contributed by atoms with Gasteiger partial charge in [-0.25, -0.2) is 13.2 Å². The molecule has 1 aromatic rings. The molecule has 1 nitrogen and oxygen atoms in total. The van der Waals surface area contributed by atoms with Gasteiger partial charge >= 0.3 is 0 Å². The van der Waals surface area contributed by atoms with Crippen LogP contribution in [0.25, 0.3) is 0 Å². The van der Waals surface area contributed by atoms with E-state index in [1.165, 1.54) is 12.1 Å². The molecule has 4 heteroatoms. The number of halogens is 3. The first-order valence-electron chi connectivity index (χ1n) is 5.56. The van der Waals surface area contributed by atoms with Crippen molar-refractivity contribution in [3.05, 3.63) is 35.1 Å². The van der Waals surface area contributed by atoms with E-state index in [9.17, 15) is 13.2 Å². The normalized spacial score (nSPS) is 14.1. The van der Waals surface area contributed by atoms with Gasteiger partial charge in [-0.1, -0.05) is 18.2 Å². The minimum absolute atomic E-state index is 0.202. The van der Waals surface area contributed by atoms with Gasteiger partial charge in [0.25, 0.3) is 6.43 Å². The Morgan fingerprint density at radius 3 is 2.12 bits per heavy atom. The highest BCUT2D eigenvalue weighted by Crippen LogP contribution is 2.27. The van der Waals surface area contributed by atoms with Crippen LogP contribution in [0.2, 0.25) is 0 Å². The zero-order valence-electron chi connectivity index (χ0n) is 10.5. The maximum Gasteiger partial charge on any atom is 0.266 e. The molecule has 0 fully saturated rings. The summed E-state index contributed by atoms with van der Waals surface area (Å²) in [6.07, 6.45) is -2.78. The average Bonchev–Trinajstić information content (AvgIpc) is 2.14. The van der Waals surface area contributed by atoms with Crippen molar-refractivity contribution in [3.63, 3.8) is 0 Å². The molecule has 0 amide bonds. The van der Waals surface area contributed by atoms with Crippen LogP contribution < -0.4 is 5.32 Å². The van der Waals surface area contributed by atoms with Crippen LogP contribution in [0.1, 0.15) is 51.3 Å². The molecule has 0 saturated carbocycles. The molecule has 0 unspecified atom stereocenters. The van der Waals surface area contributed by atoms with E-state index >= 15 is 0 Å². The van der Waals surface area contributed by atoms with Crippen LogP contribution in [0.4, 0.5) is 13.2 Å². The van der Waals surface area contributed by atoms with E-state index in [0.29, 0.717) is 0 Å². The zero-order valence-corrected chi connectivity index (χ0v) is 10.5. The third kappa shape index (κ3) is 3.73. The van der Waals surface area contributed by atoms with Gasteiger partial charge in [0.15, 0.2) is 0 Å². The maximum atomic E-state index is 13.8. The summed E-state index contributed by atoms with van der Waals surface area (Å²) < 4.78 is 38.9. The largest absolute Gasteiger partial charge is 0.305 e. The van der Waals surface area contributed by atoms with Crippen LogP contribution >= 0.6 is 0 Å². The van der Waals surface area contributed by atoms with E-state index < -0.39 is 17.8 Å². The lowest BCUT2D eigenvalue weighted by Crippen LogP contribution is -2.38. The summed E-state index contributed by atoms with van der Waals surface area (Å²) in [6.45, 7) is 7.59. The Hall–Kier alpha value is -1.03. The van der Waals surface area contributed by atoms with Crippen molar-refractivity contribution in [2.45, 2.75) is 45.7 Å². The number of rotatable bonds is 3. The molecular weight excluding hydrogens is 227 g/mol. The van der Waals surface area contributed by atoms with E-state index in [4.69, 9.17) is 0 Å². The monoisotopic (exact) mass is 245 g/mol. The third-order valence-corrected chi connectivity index (χ3v) is 2.41. The third-order valence-electron chi connectivity index (χ3n) is 2.41. The van der Waals surface area contributed by atoms with E-state index in [-0.39, 0.29) is 17.1 Å². The maximum absolute atomic E-state index is 13.8. The Labute approximate surface area is 100 Å². The highest BCUT2D eigenvalue weighted by molar-refractivity contribution is 5.29. The molecule has 0 bridgehead atoms. The summed E-state index contributed by atoms with van der Waals surface area (Å²) in [6, 6.07) is 3.80. The van der Waals surface area contributed by atoms with E-state index in [1.54, 1.807) is 6.92 Å². The zero-order chi connectivity index (χ0) is 13.2. The van der Waals surface area contributed by atoms with Crippen molar-refractivity contribution < 1.29 is 13.2 Å². The first-order chi connectivity index (χ1) is 7.72. The molecule has 1 rings (SSSR count). The van der Waals surface area contributed by atoms with Crippen molar-refractivity contribution in [1.82, 2.24) is 5.32 Å². The molecule has 0 aromatic heterocycles. The summed E-state index contributed by atoms with van der Waals surface area (Å²) in [5.41, 5.74) is -0.463. The second-order valence-electron chi connectivity index (χ2n) is 5.17. The van der Waals surface area contributed by atoms with Gasteiger partial charge in [-0.15, -0.1) is 0 Å². The molecule has 0 saturated heterocycles. The highest BCUT2D eigenvalue weighted by Gasteiger charge is 2.21. The van der Waals surface area contributed by atoms with Gasteiger partial charge in [-0.05, 0) is 27.7 Å². The molecule has 1 atom stereocenters. The second-order valence-corrected chi connectivity index (χ2v) is 5.17. The number of nitrogens with one attached hydrogen (secondary N) is 1. The summed E-state index contributed by atoms with van der Waals surface area (Å²) >= 11 is 0. The summed E-state index contributed by atoms with van der Waals surface area (Å²) in [5.74, 6) is -0.813. The van der Waals surface area contributed by atoms with Crippen LogP contribution in [0.5, 0.6) is 0 Å². The van der Waals surface area contributed by atoms with E-state index in [2.05, 4.69) is 5.32 Å². The standard InChI is InChI=1S/C13H18F3N/c1-8(17-13(2,3)4)9-6-5-7-10(11(9)14)12(15)16/h5-8,12,17H,1-4H3/t8-/m1/s1. The van der Waals surface area contributed by atoms with Gasteiger partial charge in [-0.2, -0.15) is 0 Å². The van der Waals surface area contributed by atoms with Gasteiger partial charge in [0.05, 0.1) is 5.56 Å². The molecule has 0 radical (unpaired) electrons. The van der Waals surface area contributed by atoms with Gasteiger partial charge in [0, 0.05) is 17.1 Å². The predicted molar refractivity (Wildman–Crippen MR) is 62.7 cm³/mol. The van der Waals surface area contributed by atoms with Crippen LogP contribution in [-0.2, 0) is 0 Å². The number of hydrogen-bond acceptors (Lipinski definition) is 1. The smallest absolute Gasteiger partial charge is 0.266 e. The Morgan fingerprint density at radius 1 is 1.12 bits per heavy atom. The second kappa shape index (κ2) is 5.08. The molecule has 0 heterocycles. The fourth-order valence-corrected chi connectivity index (χ4v) is 1.80. The Balaban J connectivity index is 3.02. The van der Waals surface area contributed by atoms with Crippen LogP contribution in [-0.4, -0.2) is 5.54 Å². The number of benzene rings is 1. The van der Waals surface area contributed by atoms with Crippen molar-refractivity contribution in [3.8, 4) is 0 Å².